The van der Waals surface area contributed by atoms with Gasteiger partial charge in [0.1, 0.15) is 0 Å². The Balaban J connectivity index is 0.00000341. The van der Waals surface area contributed by atoms with Crippen LogP contribution in [0.4, 0.5) is 0 Å². The fourth-order valence-corrected chi connectivity index (χ4v) is 4.31. The molecule has 0 unspecified atom stereocenters. The third kappa shape index (κ3) is 10.1. The molecule has 0 atom stereocenters. The van der Waals surface area contributed by atoms with E-state index < -0.39 is 0 Å². The standard InChI is InChI=1S/C24H40N4O2.HI/c1-25-24(26-14-17-30-23-6-4-2-3-5-7-23)27-18-20-8-10-21(11-9-20)19-28-15-12-22(29)13-16-28;/h8-11,22-23,29H,2-7,12-19H2,1H3,(H2,25,26,27);1H. The number of likely N-dealkylation sites (tertiary alicyclic amines) is 1. The number of aliphatic hydroxyl groups excluding tert-OH is 1. The Labute approximate surface area is 205 Å². The summed E-state index contributed by atoms with van der Waals surface area (Å²) in [4.78, 5) is 6.73. The number of aliphatic imine (C=N–C) groups is 1. The zero-order valence-electron chi connectivity index (χ0n) is 19.0. The lowest BCUT2D eigenvalue weighted by atomic mass is 10.1. The molecule has 3 N–H and O–H groups in total. The second-order valence-corrected chi connectivity index (χ2v) is 8.66. The number of nitrogens with zero attached hydrogens (tertiary/aromatic N) is 2. The van der Waals surface area contributed by atoms with Crippen LogP contribution in [0, 0.1) is 0 Å². The minimum Gasteiger partial charge on any atom is -0.393 e. The van der Waals surface area contributed by atoms with E-state index in [0.29, 0.717) is 6.10 Å². The minimum absolute atomic E-state index is 0. The third-order valence-electron chi connectivity index (χ3n) is 6.22. The summed E-state index contributed by atoms with van der Waals surface area (Å²) in [6.45, 7) is 5.19. The number of rotatable bonds is 8. The van der Waals surface area contributed by atoms with Crippen LogP contribution in [0.5, 0.6) is 0 Å². The second-order valence-electron chi connectivity index (χ2n) is 8.66. The molecule has 0 bridgehead atoms. The van der Waals surface area contributed by atoms with E-state index >= 15 is 0 Å². The second kappa shape index (κ2) is 15.0. The van der Waals surface area contributed by atoms with Crippen molar-refractivity contribution in [2.75, 3.05) is 33.3 Å². The van der Waals surface area contributed by atoms with Gasteiger partial charge in [-0.15, -0.1) is 24.0 Å². The van der Waals surface area contributed by atoms with Crippen molar-refractivity contribution in [2.24, 2.45) is 4.99 Å². The van der Waals surface area contributed by atoms with Crippen LogP contribution < -0.4 is 10.6 Å². The third-order valence-corrected chi connectivity index (χ3v) is 6.22. The molecular formula is C24H41IN4O2. The van der Waals surface area contributed by atoms with Crippen molar-refractivity contribution >= 4 is 29.9 Å². The van der Waals surface area contributed by atoms with Gasteiger partial charge in [0.15, 0.2) is 5.96 Å². The van der Waals surface area contributed by atoms with E-state index in [0.717, 1.165) is 58.1 Å². The van der Waals surface area contributed by atoms with Gasteiger partial charge in [-0.05, 0) is 36.8 Å². The number of aliphatic hydroxyl groups is 1. The van der Waals surface area contributed by atoms with E-state index in [1.54, 1.807) is 7.05 Å². The number of benzene rings is 1. The molecule has 0 spiro atoms. The summed E-state index contributed by atoms with van der Waals surface area (Å²) in [6.07, 6.45) is 9.86. The van der Waals surface area contributed by atoms with Gasteiger partial charge in [-0.25, -0.2) is 0 Å². The summed E-state index contributed by atoms with van der Waals surface area (Å²) in [5.41, 5.74) is 2.57. The van der Waals surface area contributed by atoms with Crippen molar-refractivity contribution in [1.29, 1.82) is 0 Å². The largest absolute Gasteiger partial charge is 0.393 e. The van der Waals surface area contributed by atoms with Gasteiger partial charge in [0, 0.05) is 39.8 Å². The molecule has 1 aliphatic carbocycles. The van der Waals surface area contributed by atoms with Crippen LogP contribution in [0.3, 0.4) is 0 Å². The Morgan fingerprint density at radius 1 is 1.00 bits per heavy atom. The van der Waals surface area contributed by atoms with Crippen molar-refractivity contribution in [3.05, 3.63) is 35.4 Å². The summed E-state index contributed by atoms with van der Waals surface area (Å²) >= 11 is 0. The van der Waals surface area contributed by atoms with Gasteiger partial charge in [0.25, 0.3) is 0 Å². The maximum absolute atomic E-state index is 9.64. The highest BCUT2D eigenvalue weighted by atomic mass is 127. The summed E-state index contributed by atoms with van der Waals surface area (Å²) in [6, 6.07) is 8.78. The van der Waals surface area contributed by atoms with Gasteiger partial charge < -0.3 is 20.5 Å². The Morgan fingerprint density at radius 3 is 2.29 bits per heavy atom. The normalized spacial score (nSPS) is 19.5. The van der Waals surface area contributed by atoms with Crippen LogP contribution >= 0.6 is 24.0 Å². The maximum atomic E-state index is 9.64. The molecule has 2 fully saturated rings. The number of ether oxygens (including phenoxy) is 1. The number of nitrogens with one attached hydrogen (secondary N) is 2. The van der Waals surface area contributed by atoms with Crippen LogP contribution in [0.15, 0.2) is 29.3 Å². The zero-order chi connectivity index (χ0) is 21.0. The van der Waals surface area contributed by atoms with Crippen LogP contribution in [0.2, 0.25) is 0 Å². The molecule has 0 radical (unpaired) electrons. The van der Waals surface area contributed by atoms with Crippen molar-refractivity contribution in [1.82, 2.24) is 15.5 Å². The zero-order valence-corrected chi connectivity index (χ0v) is 21.4. The molecule has 1 saturated carbocycles. The van der Waals surface area contributed by atoms with Crippen LogP contribution in [-0.2, 0) is 17.8 Å². The highest BCUT2D eigenvalue weighted by Gasteiger charge is 2.16. The number of hydrogen-bond donors (Lipinski definition) is 3. The van der Waals surface area contributed by atoms with Gasteiger partial charge in [-0.1, -0.05) is 49.9 Å². The van der Waals surface area contributed by atoms with E-state index in [1.807, 2.05) is 0 Å². The smallest absolute Gasteiger partial charge is 0.191 e. The topological polar surface area (TPSA) is 69.1 Å². The van der Waals surface area contributed by atoms with E-state index in [9.17, 15) is 5.11 Å². The minimum atomic E-state index is -0.110. The molecule has 2 aliphatic rings. The molecule has 6 nitrogen and oxygen atoms in total. The molecule has 0 amide bonds. The first-order chi connectivity index (χ1) is 14.7. The molecule has 1 aromatic rings. The molecule has 31 heavy (non-hydrogen) atoms. The van der Waals surface area contributed by atoms with E-state index in [4.69, 9.17) is 4.74 Å². The molecule has 1 heterocycles. The highest BCUT2D eigenvalue weighted by molar-refractivity contribution is 14.0. The first-order valence-corrected chi connectivity index (χ1v) is 11.8. The number of guanidine groups is 1. The lowest BCUT2D eigenvalue weighted by Crippen LogP contribution is -2.39. The summed E-state index contributed by atoms with van der Waals surface area (Å²) in [5.74, 6) is 0.815. The van der Waals surface area contributed by atoms with E-state index in [1.165, 1.54) is 49.7 Å². The fraction of sp³-hybridized carbons (Fsp3) is 0.708. The predicted octanol–water partition coefficient (Wildman–Crippen LogP) is 3.67. The first-order valence-electron chi connectivity index (χ1n) is 11.8. The average molecular weight is 545 g/mol. The lowest BCUT2D eigenvalue weighted by Gasteiger charge is -2.29. The van der Waals surface area contributed by atoms with Gasteiger partial charge >= 0.3 is 0 Å². The number of piperidine rings is 1. The highest BCUT2D eigenvalue weighted by Crippen LogP contribution is 2.19. The Morgan fingerprint density at radius 2 is 1.65 bits per heavy atom. The summed E-state index contributed by atoms with van der Waals surface area (Å²) in [7, 11) is 1.81. The van der Waals surface area contributed by atoms with Crippen molar-refractivity contribution in [2.45, 2.75) is 76.7 Å². The molecular weight excluding hydrogens is 503 g/mol. The molecule has 0 aromatic heterocycles. The Hall–Kier alpha value is -0.900. The van der Waals surface area contributed by atoms with Gasteiger partial charge in [-0.2, -0.15) is 0 Å². The fourth-order valence-electron chi connectivity index (χ4n) is 4.31. The average Bonchev–Trinajstić information content (AvgIpc) is 3.05. The first kappa shape index (κ1) is 26.4. The predicted molar refractivity (Wildman–Crippen MR) is 138 cm³/mol. The summed E-state index contributed by atoms with van der Waals surface area (Å²) < 4.78 is 6.04. The Bertz CT molecular complexity index is 625. The van der Waals surface area contributed by atoms with Crippen molar-refractivity contribution in [3.63, 3.8) is 0 Å². The van der Waals surface area contributed by atoms with E-state index in [-0.39, 0.29) is 30.1 Å². The van der Waals surface area contributed by atoms with Crippen LogP contribution in [0.1, 0.15) is 62.5 Å². The van der Waals surface area contributed by atoms with Crippen molar-refractivity contribution < 1.29 is 9.84 Å². The quantitative estimate of drug-likeness (QED) is 0.153. The summed E-state index contributed by atoms with van der Waals surface area (Å²) in [5, 5.41) is 16.4. The number of hydrogen-bond acceptors (Lipinski definition) is 4. The molecule has 1 aromatic carbocycles. The Kier molecular flexibility index (Phi) is 12.8. The van der Waals surface area contributed by atoms with E-state index in [2.05, 4.69) is 44.8 Å². The molecule has 7 heteroatoms. The van der Waals surface area contributed by atoms with Crippen molar-refractivity contribution in [3.8, 4) is 0 Å². The van der Waals surface area contributed by atoms with Crippen LogP contribution in [-0.4, -0.2) is 61.5 Å². The molecule has 3 rings (SSSR count). The molecule has 1 aliphatic heterocycles. The maximum Gasteiger partial charge on any atom is 0.191 e. The lowest BCUT2D eigenvalue weighted by molar-refractivity contribution is 0.0468. The number of halogens is 1. The van der Waals surface area contributed by atoms with Gasteiger partial charge in [0.2, 0.25) is 0 Å². The van der Waals surface area contributed by atoms with Crippen LogP contribution in [0.25, 0.3) is 0 Å². The monoisotopic (exact) mass is 544 g/mol. The SMILES string of the molecule is CN=C(NCCOC1CCCCCC1)NCc1ccc(CN2CCC(O)CC2)cc1.I. The van der Waals surface area contributed by atoms with Gasteiger partial charge in [0.05, 0.1) is 18.8 Å². The molecule has 1 saturated heterocycles. The molecule has 176 valence electrons. The van der Waals surface area contributed by atoms with Gasteiger partial charge in [-0.3, -0.25) is 9.89 Å².